The van der Waals surface area contributed by atoms with E-state index in [1.807, 2.05) is 13.0 Å². The average Bonchev–Trinajstić information content (AvgIpc) is 2.32. The van der Waals surface area contributed by atoms with Gasteiger partial charge in [-0.15, -0.1) is 0 Å². The first-order valence-corrected chi connectivity index (χ1v) is 6.24. The molecule has 0 unspecified atom stereocenters. The standard InChI is InChI=1S/C13H25NO2/c1-4-6-7-8-10-14-11-9-12(5-2)13(15)16-3/h9,14H,4-8,10-11H2,1-3H3/b12-9-. The molecule has 0 aromatic rings. The summed E-state index contributed by atoms with van der Waals surface area (Å²) < 4.78 is 4.68. The zero-order chi connectivity index (χ0) is 12.2. The van der Waals surface area contributed by atoms with E-state index in [9.17, 15) is 4.79 Å². The molecule has 0 aliphatic rings. The fraction of sp³-hybridized carbons (Fsp3) is 0.769. The van der Waals surface area contributed by atoms with E-state index in [1.165, 1.54) is 32.8 Å². The maximum Gasteiger partial charge on any atom is 0.333 e. The van der Waals surface area contributed by atoms with Crippen LogP contribution in [0.5, 0.6) is 0 Å². The molecule has 0 atom stereocenters. The summed E-state index contributed by atoms with van der Waals surface area (Å²) in [7, 11) is 1.42. The summed E-state index contributed by atoms with van der Waals surface area (Å²) >= 11 is 0. The van der Waals surface area contributed by atoms with E-state index >= 15 is 0 Å². The van der Waals surface area contributed by atoms with E-state index in [4.69, 9.17) is 0 Å². The molecule has 0 spiro atoms. The molecule has 0 aromatic carbocycles. The molecule has 0 radical (unpaired) electrons. The summed E-state index contributed by atoms with van der Waals surface area (Å²) in [6, 6.07) is 0. The van der Waals surface area contributed by atoms with E-state index in [2.05, 4.69) is 17.0 Å². The first-order valence-electron chi connectivity index (χ1n) is 6.24. The molecule has 0 saturated heterocycles. The number of ether oxygens (including phenoxy) is 1. The predicted molar refractivity (Wildman–Crippen MR) is 67.4 cm³/mol. The van der Waals surface area contributed by atoms with Crippen LogP contribution in [0.4, 0.5) is 0 Å². The average molecular weight is 227 g/mol. The summed E-state index contributed by atoms with van der Waals surface area (Å²) in [6.07, 6.45) is 7.71. The number of rotatable bonds is 9. The van der Waals surface area contributed by atoms with Crippen LogP contribution in [0.2, 0.25) is 0 Å². The molecule has 0 aliphatic carbocycles. The maximum absolute atomic E-state index is 11.2. The third-order valence-corrected chi connectivity index (χ3v) is 2.53. The molecule has 0 saturated carbocycles. The van der Waals surface area contributed by atoms with Crippen molar-refractivity contribution in [2.45, 2.75) is 46.0 Å². The number of methoxy groups -OCH3 is 1. The van der Waals surface area contributed by atoms with Crippen molar-refractivity contribution in [1.82, 2.24) is 5.32 Å². The quantitative estimate of drug-likeness (QED) is 0.374. The van der Waals surface area contributed by atoms with E-state index in [1.54, 1.807) is 0 Å². The van der Waals surface area contributed by atoms with Gasteiger partial charge in [-0.25, -0.2) is 4.79 Å². The van der Waals surface area contributed by atoms with Crippen LogP contribution in [0, 0.1) is 0 Å². The molecule has 0 bridgehead atoms. The molecule has 3 heteroatoms. The van der Waals surface area contributed by atoms with Gasteiger partial charge in [0.15, 0.2) is 0 Å². The second-order valence-corrected chi connectivity index (χ2v) is 3.84. The lowest BCUT2D eigenvalue weighted by Gasteiger charge is -2.04. The SMILES string of the molecule is CCCCCCNC/C=C(/CC)C(=O)OC. The zero-order valence-corrected chi connectivity index (χ0v) is 10.8. The smallest absolute Gasteiger partial charge is 0.333 e. The van der Waals surface area contributed by atoms with E-state index in [0.717, 1.165) is 25.1 Å². The molecule has 16 heavy (non-hydrogen) atoms. The highest BCUT2D eigenvalue weighted by atomic mass is 16.5. The van der Waals surface area contributed by atoms with Gasteiger partial charge in [0.2, 0.25) is 0 Å². The lowest BCUT2D eigenvalue weighted by molar-refractivity contribution is -0.136. The number of hydrogen-bond acceptors (Lipinski definition) is 3. The molecule has 0 heterocycles. The highest BCUT2D eigenvalue weighted by Gasteiger charge is 2.05. The highest BCUT2D eigenvalue weighted by Crippen LogP contribution is 2.02. The number of esters is 1. The molecule has 94 valence electrons. The van der Waals surface area contributed by atoms with Crippen LogP contribution in [0.3, 0.4) is 0 Å². The lowest BCUT2D eigenvalue weighted by atomic mass is 10.2. The van der Waals surface area contributed by atoms with Crippen molar-refractivity contribution in [3.63, 3.8) is 0 Å². The Balaban J connectivity index is 3.60. The normalized spacial score (nSPS) is 11.6. The minimum Gasteiger partial charge on any atom is -0.466 e. The van der Waals surface area contributed by atoms with Crippen LogP contribution < -0.4 is 5.32 Å². The highest BCUT2D eigenvalue weighted by molar-refractivity contribution is 5.88. The van der Waals surface area contributed by atoms with Crippen molar-refractivity contribution in [2.75, 3.05) is 20.2 Å². The zero-order valence-electron chi connectivity index (χ0n) is 10.8. The summed E-state index contributed by atoms with van der Waals surface area (Å²) in [6.45, 7) is 5.95. The molecule has 3 nitrogen and oxygen atoms in total. The Hall–Kier alpha value is -0.830. The van der Waals surface area contributed by atoms with Crippen LogP contribution >= 0.6 is 0 Å². The van der Waals surface area contributed by atoms with Gasteiger partial charge in [0.05, 0.1) is 7.11 Å². The maximum atomic E-state index is 11.2. The topological polar surface area (TPSA) is 38.3 Å². The Bertz CT molecular complexity index is 212. The number of nitrogens with one attached hydrogen (secondary N) is 1. The molecule has 0 fully saturated rings. The first kappa shape index (κ1) is 15.2. The van der Waals surface area contributed by atoms with Crippen LogP contribution in [-0.4, -0.2) is 26.2 Å². The molecule has 0 rings (SSSR count). The van der Waals surface area contributed by atoms with Crippen molar-refractivity contribution in [3.8, 4) is 0 Å². The van der Waals surface area contributed by atoms with Gasteiger partial charge in [0, 0.05) is 12.1 Å². The van der Waals surface area contributed by atoms with E-state index in [0.29, 0.717) is 0 Å². The van der Waals surface area contributed by atoms with E-state index in [-0.39, 0.29) is 5.97 Å². The Morgan fingerprint density at radius 2 is 2.00 bits per heavy atom. The first-order chi connectivity index (χ1) is 7.76. The van der Waals surface area contributed by atoms with Crippen molar-refractivity contribution in [1.29, 1.82) is 0 Å². The molecule has 0 amide bonds. The van der Waals surface area contributed by atoms with Crippen molar-refractivity contribution in [2.24, 2.45) is 0 Å². The van der Waals surface area contributed by atoms with Gasteiger partial charge in [0.25, 0.3) is 0 Å². The third kappa shape index (κ3) is 7.46. The van der Waals surface area contributed by atoms with Gasteiger partial charge < -0.3 is 10.1 Å². The van der Waals surface area contributed by atoms with Crippen LogP contribution in [-0.2, 0) is 9.53 Å². The predicted octanol–water partition coefficient (Wildman–Crippen LogP) is 2.67. The van der Waals surface area contributed by atoms with Gasteiger partial charge >= 0.3 is 5.97 Å². The minimum absolute atomic E-state index is 0.213. The third-order valence-electron chi connectivity index (χ3n) is 2.53. The number of carbonyl (C=O) groups is 1. The summed E-state index contributed by atoms with van der Waals surface area (Å²) in [5.41, 5.74) is 0.753. The molecule has 0 aliphatic heterocycles. The molecular formula is C13H25NO2. The number of hydrogen-bond donors (Lipinski definition) is 1. The van der Waals surface area contributed by atoms with Crippen LogP contribution in [0.25, 0.3) is 0 Å². The van der Waals surface area contributed by atoms with Gasteiger partial charge in [-0.2, -0.15) is 0 Å². The van der Waals surface area contributed by atoms with Crippen LogP contribution in [0.1, 0.15) is 46.0 Å². The number of carbonyl (C=O) groups excluding carboxylic acids is 1. The summed E-state index contributed by atoms with van der Waals surface area (Å²) in [5, 5.41) is 3.30. The number of unbranched alkanes of at least 4 members (excludes halogenated alkanes) is 3. The fourth-order valence-corrected chi connectivity index (χ4v) is 1.48. The minimum atomic E-state index is -0.213. The van der Waals surface area contributed by atoms with Crippen molar-refractivity contribution >= 4 is 5.97 Å². The Morgan fingerprint density at radius 1 is 1.25 bits per heavy atom. The largest absolute Gasteiger partial charge is 0.466 e. The van der Waals surface area contributed by atoms with E-state index < -0.39 is 0 Å². The van der Waals surface area contributed by atoms with Gasteiger partial charge in [-0.3, -0.25) is 0 Å². The second-order valence-electron chi connectivity index (χ2n) is 3.84. The second kappa shape index (κ2) is 10.7. The molecule has 0 aromatic heterocycles. The van der Waals surface area contributed by atoms with Gasteiger partial charge in [0.1, 0.15) is 0 Å². The van der Waals surface area contributed by atoms with Crippen molar-refractivity contribution in [3.05, 3.63) is 11.6 Å². The lowest BCUT2D eigenvalue weighted by Crippen LogP contribution is -2.16. The van der Waals surface area contributed by atoms with Gasteiger partial charge in [-0.1, -0.05) is 39.2 Å². The van der Waals surface area contributed by atoms with Crippen molar-refractivity contribution < 1.29 is 9.53 Å². The Labute approximate surface area is 99.3 Å². The Kier molecular flexibility index (Phi) is 10.1. The molecule has 1 N–H and O–H groups in total. The Morgan fingerprint density at radius 3 is 2.56 bits per heavy atom. The summed E-state index contributed by atoms with van der Waals surface area (Å²) in [5.74, 6) is -0.213. The fourth-order valence-electron chi connectivity index (χ4n) is 1.48. The summed E-state index contributed by atoms with van der Waals surface area (Å²) in [4.78, 5) is 11.2. The monoisotopic (exact) mass is 227 g/mol. The van der Waals surface area contributed by atoms with Crippen LogP contribution in [0.15, 0.2) is 11.6 Å². The van der Waals surface area contributed by atoms with Gasteiger partial charge in [-0.05, 0) is 19.4 Å². The molecular weight excluding hydrogens is 202 g/mol.